The van der Waals surface area contributed by atoms with Crippen molar-refractivity contribution in [1.82, 2.24) is 4.57 Å². The molecule has 0 aliphatic carbocycles. The molecule has 0 spiro atoms. The first-order valence-electron chi connectivity index (χ1n) is 5.92. The van der Waals surface area contributed by atoms with Crippen molar-refractivity contribution in [3.05, 3.63) is 40.7 Å². The molecule has 1 N–H and O–H groups in total. The molecule has 0 bridgehead atoms. The van der Waals surface area contributed by atoms with E-state index in [1.807, 2.05) is 18.2 Å². The molecule has 0 aliphatic heterocycles. The first-order valence-corrected chi connectivity index (χ1v) is 6.90. The van der Waals surface area contributed by atoms with E-state index in [-0.39, 0.29) is 29.6 Å². The van der Waals surface area contributed by atoms with Gasteiger partial charge in [0.15, 0.2) is 0 Å². The quantitative estimate of drug-likeness (QED) is 0.881. The summed E-state index contributed by atoms with van der Waals surface area (Å²) in [5, 5.41) is 3.71. The second-order valence-corrected chi connectivity index (χ2v) is 5.35. The Morgan fingerprint density at radius 1 is 1.30 bits per heavy atom. The molecule has 0 fully saturated rings. The van der Waals surface area contributed by atoms with Crippen LogP contribution in [0.1, 0.15) is 0 Å². The Kier molecular flexibility index (Phi) is 4.27. The highest BCUT2D eigenvalue weighted by atomic mass is 32.2. The predicted octanol–water partition coefficient (Wildman–Crippen LogP) is 3.20. The summed E-state index contributed by atoms with van der Waals surface area (Å²) in [6.45, 7) is 0.140. The topological polar surface area (TPSA) is 34.0 Å². The summed E-state index contributed by atoms with van der Waals surface area (Å²) >= 11 is -0.0803. The number of hydrogen-bond acceptors (Lipinski definition) is 3. The minimum atomic E-state index is -4.23. The molecule has 1 aromatic carbocycles. The number of aromatic nitrogens is 1. The molecule has 0 aliphatic rings. The molecule has 108 valence electrons. The normalized spacial score (nSPS) is 11.8. The highest BCUT2D eigenvalue weighted by Crippen LogP contribution is 2.30. The van der Waals surface area contributed by atoms with Gasteiger partial charge >= 0.3 is 5.51 Å². The number of thioether (sulfide) groups is 1. The van der Waals surface area contributed by atoms with Crippen molar-refractivity contribution in [2.75, 3.05) is 17.6 Å². The van der Waals surface area contributed by atoms with Gasteiger partial charge in [0.2, 0.25) is 0 Å². The van der Waals surface area contributed by atoms with E-state index in [0.717, 1.165) is 10.9 Å². The van der Waals surface area contributed by atoms with E-state index in [9.17, 15) is 18.0 Å². The number of para-hydroxylation sites is 1. The lowest BCUT2D eigenvalue weighted by Crippen LogP contribution is -2.18. The van der Waals surface area contributed by atoms with Crippen LogP contribution in [0.5, 0.6) is 0 Å². The number of pyridine rings is 1. The molecular weight excluding hydrogens is 289 g/mol. The van der Waals surface area contributed by atoms with E-state index in [1.165, 1.54) is 10.6 Å². The molecule has 3 nitrogen and oxygen atoms in total. The van der Waals surface area contributed by atoms with Gasteiger partial charge < -0.3 is 9.88 Å². The van der Waals surface area contributed by atoms with E-state index in [2.05, 4.69) is 5.32 Å². The maximum atomic E-state index is 12.0. The van der Waals surface area contributed by atoms with Crippen molar-refractivity contribution in [2.24, 2.45) is 7.05 Å². The minimum Gasteiger partial charge on any atom is -0.384 e. The SMILES string of the molecule is Cn1c(=O)cc(NCCSC(F)(F)F)c2ccccc21. The number of fused-ring (bicyclic) bond motifs is 1. The molecule has 1 heterocycles. The minimum absolute atomic E-state index is 0.0803. The van der Waals surface area contributed by atoms with Crippen molar-refractivity contribution < 1.29 is 13.2 Å². The number of nitrogens with one attached hydrogen (secondary N) is 1. The number of benzene rings is 1. The average molecular weight is 302 g/mol. The summed E-state index contributed by atoms with van der Waals surface area (Å²) < 4.78 is 37.6. The zero-order chi connectivity index (χ0) is 14.8. The molecule has 0 amide bonds. The van der Waals surface area contributed by atoms with Crippen LogP contribution >= 0.6 is 11.8 Å². The molecule has 0 radical (unpaired) electrons. The van der Waals surface area contributed by atoms with Crippen LogP contribution in [0.25, 0.3) is 10.9 Å². The summed E-state index contributed by atoms with van der Waals surface area (Å²) in [4.78, 5) is 11.8. The van der Waals surface area contributed by atoms with Crippen LogP contribution in [-0.2, 0) is 7.05 Å². The van der Waals surface area contributed by atoms with Crippen molar-refractivity contribution >= 4 is 28.4 Å². The van der Waals surface area contributed by atoms with Crippen molar-refractivity contribution in [3.63, 3.8) is 0 Å². The second-order valence-electron chi connectivity index (χ2n) is 4.19. The van der Waals surface area contributed by atoms with Gasteiger partial charge in [-0.3, -0.25) is 4.79 Å². The summed E-state index contributed by atoms with van der Waals surface area (Å²) in [5.74, 6) is -0.104. The maximum Gasteiger partial charge on any atom is 0.441 e. The Morgan fingerprint density at radius 2 is 2.00 bits per heavy atom. The van der Waals surface area contributed by atoms with Gasteiger partial charge in [0.25, 0.3) is 5.56 Å². The third-order valence-electron chi connectivity index (χ3n) is 2.84. The van der Waals surface area contributed by atoms with E-state index < -0.39 is 5.51 Å². The monoisotopic (exact) mass is 302 g/mol. The van der Waals surface area contributed by atoms with Gasteiger partial charge in [0, 0.05) is 36.5 Å². The van der Waals surface area contributed by atoms with Crippen LogP contribution in [0.4, 0.5) is 18.9 Å². The zero-order valence-electron chi connectivity index (χ0n) is 10.7. The van der Waals surface area contributed by atoms with Crippen LogP contribution in [0.3, 0.4) is 0 Å². The first-order chi connectivity index (χ1) is 9.38. The standard InChI is InChI=1S/C13H13F3N2OS/c1-18-11-5-3-2-4-9(11)10(8-12(18)19)17-6-7-20-13(14,15)16/h2-5,8,17H,6-7H2,1H3. The fraction of sp³-hybridized carbons (Fsp3) is 0.308. The summed E-state index contributed by atoms with van der Waals surface area (Å²) in [6.07, 6.45) is 0. The largest absolute Gasteiger partial charge is 0.441 e. The summed E-state index contributed by atoms with van der Waals surface area (Å²) in [5.41, 5.74) is -3.12. The molecule has 20 heavy (non-hydrogen) atoms. The fourth-order valence-corrected chi connectivity index (χ4v) is 2.34. The Labute approximate surface area is 117 Å². The Balaban J connectivity index is 2.18. The number of anilines is 1. The summed E-state index contributed by atoms with van der Waals surface area (Å²) in [6, 6.07) is 8.66. The second kappa shape index (κ2) is 5.78. The number of nitrogens with zero attached hydrogens (tertiary/aromatic N) is 1. The molecule has 7 heteroatoms. The number of hydrogen-bond donors (Lipinski definition) is 1. The third kappa shape index (κ3) is 3.47. The zero-order valence-corrected chi connectivity index (χ0v) is 11.5. The van der Waals surface area contributed by atoms with Crippen LogP contribution < -0.4 is 10.9 Å². The van der Waals surface area contributed by atoms with Crippen molar-refractivity contribution in [1.29, 1.82) is 0 Å². The molecule has 2 rings (SSSR count). The third-order valence-corrected chi connectivity index (χ3v) is 3.57. The summed E-state index contributed by atoms with van der Waals surface area (Å²) in [7, 11) is 1.66. The van der Waals surface area contributed by atoms with Gasteiger partial charge in [-0.05, 0) is 17.8 Å². The van der Waals surface area contributed by atoms with Crippen LogP contribution in [0.15, 0.2) is 35.1 Å². The smallest absolute Gasteiger partial charge is 0.384 e. The van der Waals surface area contributed by atoms with Crippen molar-refractivity contribution in [2.45, 2.75) is 5.51 Å². The molecule has 0 unspecified atom stereocenters. The van der Waals surface area contributed by atoms with Gasteiger partial charge in [-0.1, -0.05) is 18.2 Å². The number of rotatable bonds is 4. The molecule has 0 saturated heterocycles. The highest BCUT2D eigenvalue weighted by Gasteiger charge is 2.27. The van der Waals surface area contributed by atoms with Gasteiger partial charge in [-0.15, -0.1) is 0 Å². The van der Waals surface area contributed by atoms with E-state index >= 15 is 0 Å². The number of alkyl halides is 3. The number of aryl methyl sites for hydroxylation is 1. The Bertz CT molecular complexity index is 667. The van der Waals surface area contributed by atoms with Gasteiger partial charge in [-0.25, -0.2) is 0 Å². The first kappa shape index (κ1) is 14.8. The van der Waals surface area contributed by atoms with Crippen molar-refractivity contribution in [3.8, 4) is 0 Å². The lowest BCUT2D eigenvalue weighted by Gasteiger charge is -2.12. The van der Waals surface area contributed by atoms with Gasteiger partial charge in [0.05, 0.1) is 5.52 Å². The Morgan fingerprint density at radius 3 is 2.70 bits per heavy atom. The van der Waals surface area contributed by atoms with Crippen LogP contribution in [0.2, 0.25) is 0 Å². The fourth-order valence-electron chi connectivity index (χ4n) is 1.91. The average Bonchev–Trinajstić information content (AvgIpc) is 2.39. The molecule has 1 aromatic heterocycles. The maximum absolute atomic E-state index is 12.0. The van der Waals surface area contributed by atoms with E-state index in [1.54, 1.807) is 13.1 Å². The predicted molar refractivity (Wildman–Crippen MR) is 76.2 cm³/mol. The molecule has 2 aromatic rings. The highest BCUT2D eigenvalue weighted by molar-refractivity contribution is 8.00. The lowest BCUT2D eigenvalue weighted by atomic mass is 10.2. The van der Waals surface area contributed by atoms with Gasteiger partial charge in [-0.2, -0.15) is 13.2 Å². The molecule has 0 saturated carbocycles. The number of halogens is 3. The van der Waals surface area contributed by atoms with Crippen LogP contribution in [-0.4, -0.2) is 22.4 Å². The lowest BCUT2D eigenvalue weighted by molar-refractivity contribution is -0.0327. The van der Waals surface area contributed by atoms with Gasteiger partial charge in [0.1, 0.15) is 0 Å². The molecular formula is C13H13F3N2OS. The molecule has 0 atom stereocenters. The Hall–Kier alpha value is -1.63. The van der Waals surface area contributed by atoms with E-state index in [4.69, 9.17) is 0 Å². The van der Waals surface area contributed by atoms with Crippen LogP contribution in [0, 0.1) is 0 Å². The van der Waals surface area contributed by atoms with E-state index in [0.29, 0.717) is 5.69 Å².